The zero-order chi connectivity index (χ0) is 26.7. The van der Waals surface area contributed by atoms with E-state index in [-0.39, 0.29) is 17.9 Å². The third kappa shape index (κ3) is 7.20. The first-order valence-electron chi connectivity index (χ1n) is 13.7. The Kier molecular flexibility index (Phi) is 9.88. The van der Waals surface area contributed by atoms with Crippen molar-refractivity contribution in [2.75, 3.05) is 32.7 Å². The fourth-order valence-electron chi connectivity index (χ4n) is 5.27. The molecule has 0 saturated carbocycles. The highest BCUT2D eigenvalue weighted by atomic mass is 16.2. The molecule has 5 heteroatoms. The van der Waals surface area contributed by atoms with Gasteiger partial charge >= 0.3 is 0 Å². The number of carbonyl (C=O) groups excluding carboxylic acids is 2. The molecule has 3 aromatic carbocycles. The zero-order valence-corrected chi connectivity index (χ0v) is 22.6. The molecule has 0 unspecified atom stereocenters. The van der Waals surface area contributed by atoms with Gasteiger partial charge in [-0.05, 0) is 41.8 Å². The zero-order valence-electron chi connectivity index (χ0n) is 22.6. The predicted molar refractivity (Wildman–Crippen MR) is 155 cm³/mol. The molecular weight excluding hydrogens is 470 g/mol. The highest BCUT2D eigenvalue weighted by Gasteiger charge is 2.37. The Balaban J connectivity index is 1.58. The van der Waals surface area contributed by atoms with Crippen LogP contribution in [-0.4, -0.2) is 60.4 Å². The van der Waals surface area contributed by atoms with Gasteiger partial charge < -0.3 is 15.1 Å². The Morgan fingerprint density at radius 2 is 1.45 bits per heavy atom. The van der Waals surface area contributed by atoms with Gasteiger partial charge in [0.2, 0.25) is 11.8 Å². The summed E-state index contributed by atoms with van der Waals surface area (Å²) in [4.78, 5) is 31.5. The molecule has 1 heterocycles. The summed E-state index contributed by atoms with van der Waals surface area (Å²) in [5.41, 5.74) is 4.21. The summed E-state index contributed by atoms with van der Waals surface area (Å²) in [5.74, 6) is -0.376. The van der Waals surface area contributed by atoms with Gasteiger partial charge in [0.15, 0.2) is 0 Å². The molecular formula is C33H39N3O2. The maximum absolute atomic E-state index is 14.3. The van der Waals surface area contributed by atoms with E-state index in [1.807, 2.05) is 83.8 Å². The normalized spacial score (nSPS) is 16.4. The number of hydrogen-bond acceptors (Lipinski definition) is 3. The fraction of sp³-hybridized carbons (Fsp3) is 0.333. The van der Waals surface area contributed by atoms with Gasteiger partial charge in [-0.1, -0.05) is 111 Å². The van der Waals surface area contributed by atoms with Crippen molar-refractivity contribution in [2.24, 2.45) is 0 Å². The van der Waals surface area contributed by atoms with E-state index in [1.165, 1.54) is 5.57 Å². The Bertz CT molecular complexity index is 1150. The second-order valence-corrected chi connectivity index (χ2v) is 9.87. The van der Waals surface area contributed by atoms with Crippen molar-refractivity contribution in [1.82, 2.24) is 15.1 Å². The lowest BCUT2D eigenvalue weighted by molar-refractivity contribution is -0.133. The molecule has 1 aliphatic heterocycles. The summed E-state index contributed by atoms with van der Waals surface area (Å²) in [6.45, 7) is 8.16. The third-order valence-electron chi connectivity index (χ3n) is 7.34. The summed E-state index contributed by atoms with van der Waals surface area (Å²) in [7, 11) is 0. The molecule has 1 saturated heterocycles. The molecule has 0 radical (unpaired) electrons. The van der Waals surface area contributed by atoms with Gasteiger partial charge in [-0.3, -0.25) is 9.59 Å². The molecule has 0 spiro atoms. The van der Waals surface area contributed by atoms with E-state index in [0.29, 0.717) is 25.9 Å². The Labute approximate surface area is 227 Å². The van der Waals surface area contributed by atoms with Crippen molar-refractivity contribution in [3.05, 3.63) is 113 Å². The van der Waals surface area contributed by atoms with Crippen LogP contribution in [0.4, 0.5) is 0 Å². The van der Waals surface area contributed by atoms with Crippen molar-refractivity contribution < 1.29 is 9.59 Å². The van der Waals surface area contributed by atoms with Gasteiger partial charge in [-0.2, -0.15) is 0 Å². The summed E-state index contributed by atoms with van der Waals surface area (Å²) >= 11 is 0. The van der Waals surface area contributed by atoms with E-state index in [9.17, 15) is 9.59 Å². The number of rotatable bonds is 11. The summed E-state index contributed by atoms with van der Waals surface area (Å²) in [6.07, 6.45) is 3.16. The van der Waals surface area contributed by atoms with E-state index in [4.69, 9.17) is 0 Å². The van der Waals surface area contributed by atoms with Crippen molar-refractivity contribution in [3.63, 3.8) is 0 Å². The predicted octanol–water partition coefficient (Wildman–Crippen LogP) is 5.35. The molecule has 1 N–H and O–H groups in total. The molecule has 198 valence electrons. The quantitative estimate of drug-likeness (QED) is 0.379. The number of likely N-dealkylation sites (N-methyl/N-ethyl adjacent to an activating group) is 1. The molecule has 1 fully saturated rings. The Hall–Kier alpha value is -3.70. The topological polar surface area (TPSA) is 52.7 Å². The molecule has 1 atom stereocenters. The van der Waals surface area contributed by atoms with Crippen LogP contribution in [0.25, 0.3) is 6.08 Å². The molecule has 0 bridgehead atoms. The largest absolute Gasteiger partial charge is 0.355 e. The first kappa shape index (κ1) is 27.3. The van der Waals surface area contributed by atoms with Crippen LogP contribution in [0.1, 0.15) is 49.3 Å². The Morgan fingerprint density at radius 3 is 2.00 bits per heavy atom. The van der Waals surface area contributed by atoms with Crippen molar-refractivity contribution in [1.29, 1.82) is 0 Å². The number of likely N-dealkylation sites (tertiary alicyclic amines) is 1. The molecule has 0 aromatic heterocycles. The number of nitrogens with one attached hydrogen (secondary N) is 1. The Morgan fingerprint density at radius 1 is 0.895 bits per heavy atom. The summed E-state index contributed by atoms with van der Waals surface area (Å²) in [6, 6.07) is 29.9. The SMILES string of the molecule is CCN(CC)CCNC(=O)C[C@@H]1CC(=Cc2ccccc2)CN1C(=O)C(c1ccccc1)c1ccccc1. The van der Waals surface area contributed by atoms with Crippen molar-refractivity contribution in [3.8, 4) is 0 Å². The second-order valence-electron chi connectivity index (χ2n) is 9.87. The average molecular weight is 510 g/mol. The van der Waals surface area contributed by atoms with Crippen LogP contribution < -0.4 is 5.32 Å². The number of hydrogen-bond donors (Lipinski definition) is 1. The lowest BCUT2D eigenvalue weighted by Gasteiger charge is -2.29. The number of benzene rings is 3. The van der Waals surface area contributed by atoms with E-state index < -0.39 is 5.92 Å². The van der Waals surface area contributed by atoms with Crippen LogP contribution in [0, 0.1) is 0 Å². The van der Waals surface area contributed by atoms with Crippen LogP contribution in [-0.2, 0) is 9.59 Å². The van der Waals surface area contributed by atoms with E-state index in [0.717, 1.165) is 36.3 Å². The van der Waals surface area contributed by atoms with E-state index >= 15 is 0 Å². The number of amides is 2. The maximum atomic E-state index is 14.3. The fourth-order valence-corrected chi connectivity index (χ4v) is 5.27. The third-order valence-corrected chi connectivity index (χ3v) is 7.34. The second kappa shape index (κ2) is 13.7. The van der Waals surface area contributed by atoms with Gasteiger partial charge in [0.25, 0.3) is 0 Å². The number of carbonyl (C=O) groups is 2. The molecule has 3 aromatic rings. The van der Waals surface area contributed by atoms with Gasteiger partial charge in [0.1, 0.15) is 0 Å². The van der Waals surface area contributed by atoms with E-state index in [2.05, 4.69) is 42.3 Å². The first-order valence-corrected chi connectivity index (χ1v) is 13.7. The monoisotopic (exact) mass is 509 g/mol. The lowest BCUT2D eigenvalue weighted by Crippen LogP contribution is -2.42. The standard InChI is InChI=1S/C33H39N3O2/c1-3-35(4-2)21-20-34-31(37)24-30-23-27(22-26-14-8-5-9-15-26)25-36(30)33(38)32(28-16-10-6-11-17-28)29-18-12-7-13-19-29/h5-19,22,30,32H,3-4,20-21,23-25H2,1-2H3,(H,34,37)/t30-/m0/s1. The highest BCUT2D eigenvalue weighted by molar-refractivity contribution is 5.89. The minimum absolute atomic E-state index is 0.00288. The molecule has 38 heavy (non-hydrogen) atoms. The summed E-state index contributed by atoms with van der Waals surface area (Å²) < 4.78 is 0. The minimum atomic E-state index is -0.415. The van der Waals surface area contributed by atoms with Crippen LogP contribution >= 0.6 is 0 Å². The average Bonchev–Trinajstić information content (AvgIpc) is 3.34. The van der Waals surface area contributed by atoms with Gasteiger partial charge in [-0.25, -0.2) is 0 Å². The molecule has 1 aliphatic rings. The number of nitrogens with zero attached hydrogens (tertiary/aromatic N) is 2. The maximum Gasteiger partial charge on any atom is 0.235 e. The van der Waals surface area contributed by atoms with Crippen LogP contribution in [0.3, 0.4) is 0 Å². The molecule has 5 nitrogen and oxygen atoms in total. The first-order chi connectivity index (χ1) is 18.6. The molecule has 4 rings (SSSR count). The highest BCUT2D eigenvalue weighted by Crippen LogP contribution is 2.33. The van der Waals surface area contributed by atoms with Crippen molar-refractivity contribution >= 4 is 17.9 Å². The van der Waals surface area contributed by atoms with Crippen LogP contribution in [0.5, 0.6) is 0 Å². The molecule has 2 amide bonds. The summed E-state index contributed by atoms with van der Waals surface area (Å²) in [5, 5.41) is 3.09. The van der Waals surface area contributed by atoms with Gasteiger partial charge in [0, 0.05) is 32.1 Å². The van der Waals surface area contributed by atoms with Crippen LogP contribution in [0.15, 0.2) is 96.6 Å². The van der Waals surface area contributed by atoms with E-state index in [1.54, 1.807) is 0 Å². The molecule has 0 aliphatic carbocycles. The smallest absolute Gasteiger partial charge is 0.235 e. The lowest BCUT2D eigenvalue weighted by atomic mass is 9.89. The van der Waals surface area contributed by atoms with Crippen molar-refractivity contribution in [2.45, 2.75) is 38.6 Å². The minimum Gasteiger partial charge on any atom is -0.355 e. The van der Waals surface area contributed by atoms with Gasteiger partial charge in [-0.15, -0.1) is 0 Å². The van der Waals surface area contributed by atoms with Crippen LogP contribution in [0.2, 0.25) is 0 Å². The van der Waals surface area contributed by atoms with Gasteiger partial charge in [0.05, 0.1) is 5.92 Å².